The van der Waals surface area contributed by atoms with Crippen LogP contribution in [-0.2, 0) is 35.2 Å². The van der Waals surface area contributed by atoms with Crippen molar-refractivity contribution in [2.75, 3.05) is 0 Å². The molecule has 0 aliphatic heterocycles. The number of hydrogen-bond donors (Lipinski definition) is 6. The number of ketones is 4. The van der Waals surface area contributed by atoms with Crippen molar-refractivity contribution in [3.63, 3.8) is 0 Å². The number of nitrogens with one attached hydrogen (secondary N) is 4. The van der Waals surface area contributed by atoms with Gasteiger partial charge in [-0.3, -0.25) is 39.9 Å². The number of carbonyl (C=O) groups is 6. The van der Waals surface area contributed by atoms with Crippen LogP contribution < -0.4 is 27.2 Å². The largest absolute Gasteiger partial charge is 0.391 e. The number of unbranched alkanes of at least 4 members (excludes halogenated alkanes) is 5. The number of rotatable bonds is 31. The molecule has 1 aromatic carbocycles. The minimum Gasteiger partial charge on any atom is -0.391 e. The summed E-state index contributed by atoms with van der Waals surface area (Å²) in [5.74, 6) is 3.79. The average Bonchev–Trinajstić information content (AvgIpc) is 3.15. The zero-order chi connectivity index (χ0) is 44.2. The minimum atomic E-state index is -1.29. The lowest BCUT2D eigenvalue weighted by Gasteiger charge is -2.33. The maximum Gasteiger partial charge on any atom is 0.238 e. The van der Waals surface area contributed by atoms with Crippen LogP contribution >= 0.6 is 0 Å². The van der Waals surface area contributed by atoms with Crippen molar-refractivity contribution in [2.24, 2.45) is 23.6 Å². The number of aliphatic hydroxyl groups is 1. The molecule has 0 saturated heterocycles. The molecule has 59 heavy (non-hydrogen) atoms. The molecule has 0 spiro atoms. The van der Waals surface area contributed by atoms with Crippen molar-refractivity contribution >= 4 is 34.9 Å². The Morgan fingerprint density at radius 2 is 1.36 bits per heavy atom. The molecule has 1 saturated carbocycles. The van der Waals surface area contributed by atoms with Crippen molar-refractivity contribution in [1.29, 1.82) is 0 Å². The Balaban J connectivity index is 1.93. The maximum absolute atomic E-state index is 14.0. The maximum atomic E-state index is 14.0. The normalized spacial score (nSPS) is 17.8. The van der Waals surface area contributed by atoms with Gasteiger partial charge in [0.1, 0.15) is 6.04 Å². The molecule has 12 heteroatoms. The fourth-order valence-electron chi connectivity index (χ4n) is 7.68. The van der Waals surface area contributed by atoms with Crippen LogP contribution in [0, 0.1) is 17.8 Å². The fraction of sp³-hybridized carbons (Fsp3) is 0.702. The second-order valence-corrected chi connectivity index (χ2v) is 17.9. The van der Waals surface area contributed by atoms with Gasteiger partial charge in [-0.2, -0.15) is 0 Å². The predicted octanol–water partition coefficient (Wildman–Crippen LogP) is 6.16. The van der Waals surface area contributed by atoms with E-state index in [-0.39, 0.29) is 42.2 Å². The van der Waals surface area contributed by atoms with Crippen LogP contribution in [0.25, 0.3) is 0 Å². The lowest BCUT2D eigenvalue weighted by molar-refractivity contribution is -0.141. The zero-order valence-corrected chi connectivity index (χ0v) is 37.4. The van der Waals surface area contributed by atoms with E-state index in [0.717, 1.165) is 63.4 Å². The van der Waals surface area contributed by atoms with Gasteiger partial charge in [0.25, 0.3) is 0 Å². The summed E-state index contributed by atoms with van der Waals surface area (Å²) in [6.07, 6.45) is 16.0. The second kappa shape index (κ2) is 25.9. The van der Waals surface area contributed by atoms with Gasteiger partial charge in [-0.1, -0.05) is 102 Å². The van der Waals surface area contributed by atoms with E-state index in [0.29, 0.717) is 18.8 Å². The van der Waals surface area contributed by atoms with Crippen molar-refractivity contribution in [1.82, 2.24) is 21.4 Å². The van der Waals surface area contributed by atoms with Gasteiger partial charge in [0, 0.05) is 5.92 Å². The van der Waals surface area contributed by atoms with Gasteiger partial charge in [-0.25, -0.2) is 5.43 Å². The summed E-state index contributed by atoms with van der Waals surface area (Å²) in [6, 6.07) is 6.06. The highest BCUT2D eigenvalue weighted by molar-refractivity contribution is 6.41. The third kappa shape index (κ3) is 17.5. The molecular weight excluding hydrogens is 747 g/mol. The first-order chi connectivity index (χ1) is 27.9. The monoisotopic (exact) mass is 824 g/mol. The van der Waals surface area contributed by atoms with E-state index in [2.05, 4.69) is 33.5 Å². The molecule has 0 radical (unpaired) electrons. The molecule has 1 fully saturated rings. The van der Waals surface area contributed by atoms with E-state index in [1.807, 2.05) is 58.0 Å². The summed E-state index contributed by atoms with van der Waals surface area (Å²) in [5.41, 5.74) is 1.08. The molecule has 7 atom stereocenters. The quantitative estimate of drug-likeness (QED) is 0.0166. The third-order valence-corrected chi connectivity index (χ3v) is 12.3. The van der Waals surface area contributed by atoms with Crippen LogP contribution in [0.5, 0.6) is 0 Å². The molecule has 2 rings (SSSR count). The van der Waals surface area contributed by atoms with E-state index in [4.69, 9.17) is 5.84 Å². The minimum absolute atomic E-state index is 0.00492. The molecule has 0 heterocycles. The molecular formula is C47H77N5O7. The number of hydrogen-bond acceptors (Lipinski definition) is 10. The Hall–Kier alpha value is -3.58. The predicted molar refractivity (Wildman–Crippen MR) is 234 cm³/mol. The third-order valence-electron chi connectivity index (χ3n) is 12.3. The molecule has 332 valence electrons. The van der Waals surface area contributed by atoms with Crippen LogP contribution in [0.2, 0.25) is 0 Å². The molecule has 1 aromatic rings. The highest BCUT2D eigenvalue weighted by Gasteiger charge is 2.38. The Bertz CT molecular complexity index is 1530. The SMILES string of the molecule is CC[C@@H](CC1CCC1)C(=O)N[C@@](C)(CCC/C=C/CCCCCC[C@@](C)(NC(=O)[C@H](Cc1ccccc1)N[C@@H](CC(C)C)C(=O)C(=O)[C@@H](NN)[C@@H](C)O)C(C)=O)C(C)=O. The molecule has 7 N–H and O–H groups in total. The molecule has 0 aromatic heterocycles. The number of hydrazine groups is 1. The number of amides is 2. The van der Waals surface area contributed by atoms with Gasteiger partial charge in [0.05, 0.1) is 29.3 Å². The zero-order valence-electron chi connectivity index (χ0n) is 37.4. The second-order valence-electron chi connectivity index (χ2n) is 17.9. The summed E-state index contributed by atoms with van der Waals surface area (Å²) >= 11 is 0. The van der Waals surface area contributed by atoms with Gasteiger partial charge >= 0.3 is 0 Å². The van der Waals surface area contributed by atoms with Gasteiger partial charge in [0.2, 0.25) is 23.4 Å². The highest BCUT2D eigenvalue weighted by Crippen LogP contribution is 2.33. The summed E-state index contributed by atoms with van der Waals surface area (Å²) < 4.78 is 0. The first-order valence-electron chi connectivity index (χ1n) is 22.2. The van der Waals surface area contributed by atoms with Crippen molar-refractivity contribution < 1.29 is 33.9 Å². The van der Waals surface area contributed by atoms with Crippen LogP contribution in [-0.4, -0.2) is 75.4 Å². The number of carbonyl (C=O) groups excluding carboxylic acids is 6. The van der Waals surface area contributed by atoms with Crippen molar-refractivity contribution in [2.45, 2.75) is 193 Å². The van der Waals surface area contributed by atoms with Gasteiger partial charge in [0.15, 0.2) is 11.6 Å². The van der Waals surface area contributed by atoms with E-state index < -0.39 is 52.8 Å². The van der Waals surface area contributed by atoms with Crippen LogP contribution in [0.1, 0.15) is 157 Å². The van der Waals surface area contributed by atoms with Gasteiger partial charge < -0.3 is 15.7 Å². The Kier molecular flexibility index (Phi) is 22.6. The smallest absolute Gasteiger partial charge is 0.238 e. The Labute approximate surface area is 354 Å². The van der Waals surface area contributed by atoms with Crippen LogP contribution in [0.4, 0.5) is 0 Å². The molecule has 0 unspecified atom stereocenters. The number of nitrogens with two attached hydrogens (primary N) is 1. The molecule has 12 nitrogen and oxygen atoms in total. The summed E-state index contributed by atoms with van der Waals surface area (Å²) in [7, 11) is 0. The van der Waals surface area contributed by atoms with Crippen molar-refractivity contribution in [3.8, 4) is 0 Å². The molecule has 2 amide bonds. The number of Topliss-reactive ketones (excluding diaryl/α,β-unsaturated/α-hetero) is 4. The summed E-state index contributed by atoms with van der Waals surface area (Å²) in [6.45, 7) is 13.8. The van der Waals surface area contributed by atoms with E-state index in [1.165, 1.54) is 33.1 Å². The number of benzene rings is 1. The molecule has 1 aliphatic rings. The Morgan fingerprint density at radius 1 is 0.797 bits per heavy atom. The fourth-order valence-corrected chi connectivity index (χ4v) is 7.68. The number of aliphatic hydroxyl groups excluding tert-OH is 1. The van der Waals surface area contributed by atoms with Crippen molar-refractivity contribution in [3.05, 3.63) is 48.0 Å². The lowest BCUT2D eigenvalue weighted by Crippen LogP contribution is -2.61. The van der Waals surface area contributed by atoms with Gasteiger partial charge in [-0.05, 0) is 116 Å². The average molecular weight is 824 g/mol. The van der Waals surface area contributed by atoms with E-state index in [9.17, 15) is 33.9 Å². The number of allylic oxidation sites excluding steroid dienone is 2. The van der Waals surface area contributed by atoms with E-state index >= 15 is 0 Å². The summed E-state index contributed by atoms with van der Waals surface area (Å²) in [5, 5.41) is 19.3. The highest BCUT2D eigenvalue weighted by atomic mass is 16.3. The first-order valence-corrected chi connectivity index (χ1v) is 22.2. The standard InChI is InChI=1S/C47H77N5O7/c1-9-38(30-36-25-22-26-36)44(58)50-46(7,34(5)54)27-20-15-13-11-10-12-14-16-21-28-47(8,35(6)55)51-45(59)40(31-37-23-18-17-19-24-37)49-39(29-32(2)3)42(56)43(57)41(52-48)33(4)53/h11,13,17-19,23-24,32-33,36,38-41,49,52-53H,9-10,12,14-16,20-22,25-31,48H2,1-8H3,(H,50,58)(H,51,59)/b13-11+/t33-,38+,39+,40+,41+,46+,47-/m1/s1. The van der Waals surface area contributed by atoms with E-state index in [1.54, 1.807) is 13.8 Å². The first kappa shape index (κ1) is 51.6. The lowest BCUT2D eigenvalue weighted by atomic mass is 9.78. The summed E-state index contributed by atoms with van der Waals surface area (Å²) in [4.78, 5) is 79.4. The van der Waals surface area contributed by atoms with Crippen LogP contribution in [0.3, 0.4) is 0 Å². The molecule has 0 bridgehead atoms. The van der Waals surface area contributed by atoms with Crippen LogP contribution in [0.15, 0.2) is 42.5 Å². The Morgan fingerprint density at radius 3 is 1.86 bits per heavy atom. The molecule has 1 aliphatic carbocycles. The topological polar surface area (TPSA) is 197 Å². The van der Waals surface area contributed by atoms with Gasteiger partial charge in [-0.15, -0.1) is 0 Å².